The number of ether oxygens (including phenoxy) is 1. The number of nitrogens with one attached hydrogen (secondary N) is 1. The number of aryl methyl sites for hydroxylation is 4. The van der Waals surface area contributed by atoms with Crippen molar-refractivity contribution < 1.29 is 4.74 Å². The van der Waals surface area contributed by atoms with Crippen LogP contribution in [0.4, 0.5) is 5.82 Å². The molecule has 0 amide bonds. The van der Waals surface area contributed by atoms with E-state index in [2.05, 4.69) is 15.4 Å². The standard InChI is InChI=1S/C20H24N6O2/c1-12-7-19(26-18(21-12)8-13(2)23-26)22-16-10-28-11-17(16)25-20(27)9-14-5-3-4-6-15(14)24-25/h7-9,16-17,22H,3-6,10-11H2,1-2H3. The van der Waals surface area contributed by atoms with Gasteiger partial charge < -0.3 is 10.1 Å². The van der Waals surface area contributed by atoms with Crippen LogP contribution in [0.3, 0.4) is 0 Å². The van der Waals surface area contributed by atoms with Crippen molar-refractivity contribution in [2.24, 2.45) is 0 Å². The summed E-state index contributed by atoms with van der Waals surface area (Å²) in [6.45, 7) is 4.89. The molecule has 5 rings (SSSR count). The van der Waals surface area contributed by atoms with Crippen molar-refractivity contribution in [2.45, 2.75) is 51.6 Å². The lowest BCUT2D eigenvalue weighted by Crippen LogP contribution is -2.38. The minimum atomic E-state index is -0.153. The second kappa shape index (κ2) is 6.70. The number of anilines is 1. The average Bonchev–Trinajstić information content (AvgIpc) is 3.27. The summed E-state index contributed by atoms with van der Waals surface area (Å²) < 4.78 is 9.16. The van der Waals surface area contributed by atoms with E-state index in [-0.39, 0.29) is 17.6 Å². The van der Waals surface area contributed by atoms with Gasteiger partial charge in [0.25, 0.3) is 5.56 Å². The molecule has 146 valence electrons. The SMILES string of the molecule is Cc1cc(NC2COCC2n2nc3c(cc2=O)CCCC3)n2nc(C)cc2n1. The van der Waals surface area contributed by atoms with E-state index in [1.165, 1.54) is 0 Å². The number of aromatic nitrogens is 5. The van der Waals surface area contributed by atoms with Crippen LogP contribution in [0.1, 0.15) is 41.5 Å². The molecule has 0 spiro atoms. The quantitative estimate of drug-likeness (QED) is 0.746. The second-order valence-electron chi connectivity index (χ2n) is 7.80. The predicted octanol–water partition coefficient (Wildman–Crippen LogP) is 1.83. The Morgan fingerprint density at radius 1 is 1.07 bits per heavy atom. The molecule has 1 aliphatic heterocycles. The first-order chi connectivity index (χ1) is 13.6. The molecule has 2 atom stereocenters. The van der Waals surface area contributed by atoms with Crippen LogP contribution in [0.15, 0.2) is 23.0 Å². The van der Waals surface area contributed by atoms with E-state index in [9.17, 15) is 4.79 Å². The maximum atomic E-state index is 12.7. The maximum absolute atomic E-state index is 12.7. The highest BCUT2D eigenvalue weighted by Gasteiger charge is 2.32. The highest BCUT2D eigenvalue weighted by molar-refractivity contribution is 5.51. The fourth-order valence-electron chi connectivity index (χ4n) is 4.24. The summed E-state index contributed by atoms with van der Waals surface area (Å²) in [6, 6.07) is 5.47. The van der Waals surface area contributed by atoms with Crippen LogP contribution in [0.5, 0.6) is 0 Å². The first-order valence-corrected chi connectivity index (χ1v) is 9.88. The summed E-state index contributed by atoms with van der Waals surface area (Å²) in [7, 11) is 0. The molecule has 1 aliphatic carbocycles. The summed E-state index contributed by atoms with van der Waals surface area (Å²) >= 11 is 0. The van der Waals surface area contributed by atoms with Gasteiger partial charge in [-0.3, -0.25) is 4.79 Å². The molecule has 1 N–H and O–H groups in total. The summed E-state index contributed by atoms with van der Waals surface area (Å²) in [5.41, 5.74) is 4.74. The summed E-state index contributed by atoms with van der Waals surface area (Å²) in [6.07, 6.45) is 4.16. The normalized spacial score (nSPS) is 21.8. The van der Waals surface area contributed by atoms with Crippen molar-refractivity contribution >= 4 is 11.5 Å². The number of nitrogens with zero attached hydrogens (tertiary/aromatic N) is 5. The third-order valence-electron chi connectivity index (χ3n) is 5.61. The molecular formula is C20H24N6O2. The molecule has 2 unspecified atom stereocenters. The van der Waals surface area contributed by atoms with E-state index in [0.717, 1.165) is 59.8 Å². The molecule has 3 aromatic rings. The van der Waals surface area contributed by atoms with Gasteiger partial charge in [-0.25, -0.2) is 9.67 Å². The third-order valence-corrected chi connectivity index (χ3v) is 5.61. The Balaban J connectivity index is 1.49. The Hall–Kier alpha value is -2.74. The zero-order chi connectivity index (χ0) is 19.3. The Kier molecular flexibility index (Phi) is 4.16. The van der Waals surface area contributed by atoms with Crippen LogP contribution in [-0.2, 0) is 17.6 Å². The minimum Gasteiger partial charge on any atom is -0.377 e. The van der Waals surface area contributed by atoms with E-state index >= 15 is 0 Å². The molecule has 2 aliphatic rings. The number of rotatable bonds is 3. The van der Waals surface area contributed by atoms with Gasteiger partial charge in [0.2, 0.25) is 0 Å². The molecule has 1 saturated heterocycles. The lowest BCUT2D eigenvalue weighted by Gasteiger charge is -2.23. The summed E-state index contributed by atoms with van der Waals surface area (Å²) in [5.74, 6) is 0.849. The topological polar surface area (TPSA) is 86.3 Å². The summed E-state index contributed by atoms with van der Waals surface area (Å²) in [5, 5.41) is 12.8. The third kappa shape index (κ3) is 2.97. The van der Waals surface area contributed by atoms with Gasteiger partial charge in [0.05, 0.1) is 30.6 Å². The van der Waals surface area contributed by atoms with Crippen LogP contribution in [0.25, 0.3) is 5.65 Å². The van der Waals surface area contributed by atoms with Gasteiger partial charge in [0, 0.05) is 23.9 Å². The number of hydrogen-bond donors (Lipinski definition) is 1. The van der Waals surface area contributed by atoms with E-state index in [0.29, 0.717) is 13.2 Å². The van der Waals surface area contributed by atoms with Gasteiger partial charge in [-0.1, -0.05) is 0 Å². The number of fused-ring (bicyclic) bond motifs is 2. The monoisotopic (exact) mass is 380 g/mol. The lowest BCUT2D eigenvalue weighted by atomic mass is 9.97. The molecule has 3 aromatic heterocycles. The minimum absolute atomic E-state index is 0.0473. The van der Waals surface area contributed by atoms with Crippen molar-refractivity contribution in [3.8, 4) is 0 Å². The molecule has 0 saturated carbocycles. The van der Waals surface area contributed by atoms with E-state index < -0.39 is 0 Å². The number of hydrogen-bond acceptors (Lipinski definition) is 6. The Labute approximate surface area is 162 Å². The Morgan fingerprint density at radius 3 is 2.82 bits per heavy atom. The second-order valence-corrected chi connectivity index (χ2v) is 7.80. The molecule has 0 bridgehead atoms. The molecule has 0 aromatic carbocycles. The van der Waals surface area contributed by atoms with Crippen molar-refractivity contribution in [3.63, 3.8) is 0 Å². The van der Waals surface area contributed by atoms with Crippen LogP contribution < -0.4 is 10.9 Å². The zero-order valence-corrected chi connectivity index (χ0v) is 16.2. The molecular weight excluding hydrogens is 356 g/mol. The highest BCUT2D eigenvalue weighted by atomic mass is 16.5. The highest BCUT2D eigenvalue weighted by Crippen LogP contribution is 2.24. The Morgan fingerprint density at radius 2 is 1.93 bits per heavy atom. The molecule has 1 fully saturated rings. The molecule has 8 heteroatoms. The average molecular weight is 380 g/mol. The lowest BCUT2D eigenvalue weighted by molar-refractivity contribution is 0.182. The van der Waals surface area contributed by atoms with E-state index in [1.54, 1.807) is 15.3 Å². The van der Waals surface area contributed by atoms with Crippen molar-refractivity contribution in [1.29, 1.82) is 0 Å². The fraction of sp³-hybridized carbons (Fsp3) is 0.500. The molecule has 4 heterocycles. The van der Waals surface area contributed by atoms with Gasteiger partial charge in [0.1, 0.15) is 11.9 Å². The summed E-state index contributed by atoms with van der Waals surface area (Å²) in [4.78, 5) is 17.3. The van der Waals surface area contributed by atoms with Crippen molar-refractivity contribution in [3.05, 3.63) is 51.2 Å². The van der Waals surface area contributed by atoms with Gasteiger partial charge in [0.15, 0.2) is 5.65 Å². The van der Waals surface area contributed by atoms with Crippen LogP contribution in [0.2, 0.25) is 0 Å². The van der Waals surface area contributed by atoms with Gasteiger partial charge in [-0.2, -0.15) is 14.7 Å². The van der Waals surface area contributed by atoms with E-state index in [4.69, 9.17) is 9.84 Å². The molecule has 0 radical (unpaired) electrons. The van der Waals surface area contributed by atoms with Crippen molar-refractivity contribution in [2.75, 3.05) is 18.5 Å². The smallest absolute Gasteiger partial charge is 0.267 e. The van der Waals surface area contributed by atoms with Crippen LogP contribution in [0, 0.1) is 13.8 Å². The largest absolute Gasteiger partial charge is 0.377 e. The molecule has 28 heavy (non-hydrogen) atoms. The first kappa shape index (κ1) is 17.4. The van der Waals surface area contributed by atoms with Gasteiger partial charge >= 0.3 is 0 Å². The maximum Gasteiger partial charge on any atom is 0.267 e. The Bertz CT molecular complexity index is 1100. The predicted molar refractivity (Wildman–Crippen MR) is 105 cm³/mol. The zero-order valence-electron chi connectivity index (χ0n) is 16.2. The first-order valence-electron chi connectivity index (χ1n) is 9.88. The van der Waals surface area contributed by atoms with Crippen LogP contribution in [-0.4, -0.2) is 43.6 Å². The van der Waals surface area contributed by atoms with Gasteiger partial charge in [-0.15, -0.1) is 0 Å². The van der Waals surface area contributed by atoms with Gasteiger partial charge in [-0.05, 0) is 45.1 Å². The van der Waals surface area contributed by atoms with Crippen LogP contribution >= 0.6 is 0 Å². The molecule has 8 nitrogen and oxygen atoms in total. The van der Waals surface area contributed by atoms with E-state index in [1.807, 2.05) is 26.0 Å². The fourth-order valence-corrected chi connectivity index (χ4v) is 4.24. The van der Waals surface area contributed by atoms with Crippen molar-refractivity contribution in [1.82, 2.24) is 24.4 Å².